The average molecular weight is 398 g/mol. The first-order valence-corrected chi connectivity index (χ1v) is 10.2. The molecule has 1 aliphatic heterocycles. The van der Waals surface area contributed by atoms with E-state index in [2.05, 4.69) is 4.99 Å². The van der Waals surface area contributed by atoms with E-state index >= 15 is 4.39 Å². The Balaban J connectivity index is 1.96. The van der Waals surface area contributed by atoms with Crippen molar-refractivity contribution in [3.8, 4) is 5.75 Å². The van der Waals surface area contributed by atoms with Gasteiger partial charge in [-0.3, -0.25) is 9.79 Å². The summed E-state index contributed by atoms with van der Waals surface area (Å²) in [6.07, 6.45) is 2.05. The van der Waals surface area contributed by atoms with Crippen molar-refractivity contribution >= 4 is 27.6 Å². The number of nitrogens with one attached hydrogen (secondary N) is 1. The van der Waals surface area contributed by atoms with E-state index in [-0.39, 0.29) is 12.5 Å². The van der Waals surface area contributed by atoms with Crippen molar-refractivity contribution in [1.29, 1.82) is 0 Å². The van der Waals surface area contributed by atoms with E-state index in [0.717, 1.165) is 0 Å². The van der Waals surface area contributed by atoms with Crippen LogP contribution in [0, 0.1) is 11.7 Å². The van der Waals surface area contributed by atoms with Gasteiger partial charge in [0.15, 0.2) is 5.82 Å². The third-order valence-corrected chi connectivity index (χ3v) is 6.01. The summed E-state index contributed by atoms with van der Waals surface area (Å²) in [5.41, 5.74) is 6.35. The number of nitrogens with zero attached hydrogens (tertiary/aromatic N) is 2. The summed E-state index contributed by atoms with van der Waals surface area (Å²) in [6.45, 7) is 3.48. The molecule has 1 saturated heterocycles. The second-order valence-corrected chi connectivity index (χ2v) is 8.94. The Hall–Kier alpha value is -2.36. The Bertz CT molecular complexity index is 914. The number of hydrogen-bond donors (Lipinski definition) is 3. The van der Waals surface area contributed by atoms with E-state index in [1.807, 2.05) is 13.8 Å². The van der Waals surface area contributed by atoms with E-state index in [1.165, 1.54) is 6.07 Å². The number of hydrogen-bond acceptors (Lipinski definition) is 5. The van der Waals surface area contributed by atoms with Crippen molar-refractivity contribution < 1.29 is 22.7 Å². The van der Waals surface area contributed by atoms with Gasteiger partial charge in [0.25, 0.3) is 5.91 Å². The quantitative estimate of drug-likeness (QED) is 0.515. The molecular formula is C17H23FN4O4S. The fraction of sp³-hybridized carbons (Fsp3) is 0.529. The fourth-order valence-electron chi connectivity index (χ4n) is 3.52. The minimum absolute atomic E-state index is 0.210. The Labute approximate surface area is 157 Å². The summed E-state index contributed by atoms with van der Waals surface area (Å²) < 4.78 is 41.6. The van der Waals surface area contributed by atoms with Crippen LogP contribution in [0.4, 0.5) is 10.1 Å². The molecule has 4 N–H and O–H groups in total. The largest absolute Gasteiger partial charge is 0.506 e. The first-order chi connectivity index (χ1) is 12.6. The summed E-state index contributed by atoms with van der Waals surface area (Å²) in [7, 11) is -4.22. The number of phenols is 1. The number of amides is 1. The normalized spacial score (nSPS) is 22.1. The van der Waals surface area contributed by atoms with Gasteiger partial charge in [0.1, 0.15) is 18.0 Å². The zero-order valence-electron chi connectivity index (χ0n) is 15.2. The number of rotatable bonds is 4. The lowest BCUT2D eigenvalue weighted by Gasteiger charge is -2.26. The first kappa shape index (κ1) is 19.4. The molecule has 1 amide bonds. The SMILES string of the molecule is CC(C)CC(N)=NC1CCc2cc(O)c(N3CC(=O)NS3(=O)=O)c(F)c2C1. The zero-order chi connectivity index (χ0) is 19.9. The number of anilines is 1. The molecule has 10 heteroatoms. The summed E-state index contributed by atoms with van der Waals surface area (Å²) in [5.74, 6) is -1.26. The predicted molar refractivity (Wildman–Crippen MR) is 99.4 cm³/mol. The Morgan fingerprint density at radius 1 is 1.52 bits per heavy atom. The second-order valence-electron chi connectivity index (χ2n) is 7.35. The van der Waals surface area contributed by atoms with Crippen LogP contribution in [0.5, 0.6) is 5.75 Å². The smallest absolute Gasteiger partial charge is 0.326 e. The van der Waals surface area contributed by atoms with Gasteiger partial charge < -0.3 is 10.8 Å². The first-order valence-electron chi connectivity index (χ1n) is 8.77. The van der Waals surface area contributed by atoms with E-state index in [1.54, 1.807) is 4.72 Å². The van der Waals surface area contributed by atoms with Crippen molar-refractivity contribution in [2.75, 3.05) is 10.8 Å². The average Bonchev–Trinajstić information content (AvgIpc) is 2.79. The molecule has 2 aliphatic rings. The topological polar surface area (TPSA) is 125 Å². The lowest BCUT2D eigenvalue weighted by atomic mass is 9.87. The molecule has 27 heavy (non-hydrogen) atoms. The van der Waals surface area contributed by atoms with Gasteiger partial charge in [-0.05, 0) is 42.4 Å². The number of aliphatic imine (C=N–C) groups is 1. The lowest BCUT2D eigenvalue weighted by molar-refractivity contribution is -0.117. The Morgan fingerprint density at radius 3 is 2.81 bits per heavy atom. The third-order valence-electron chi connectivity index (χ3n) is 4.64. The maximum absolute atomic E-state index is 15.2. The number of fused-ring (bicyclic) bond motifs is 1. The summed E-state index contributed by atoms with van der Waals surface area (Å²) in [5, 5.41) is 10.2. The molecule has 1 heterocycles. The molecular weight excluding hydrogens is 375 g/mol. The van der Waals surface area contributed by atoms with E-state index < -0.39 is 39.9 Å². The highest BCUT2D eigenvalue weighted by molar-refractivity contribution is 7.92. The maximum Gasteiger partial charge on any atom is 0.326 e. The number of phenolic OH excluding ortho intramolecular Hbond substituents is 1. The second kappa shape index (κ2) is 6.99. The van der Waals surface area contributed by atoms with Crippen LogP contribution in [0.3, 0.4) is 0 Å². The summed E-state index contributed by atoms with van der Waals surface area (Å²) >= 11 is 0. The molecule has 0 saturated carbocycles. The number of nitrogens with two attached hydrogens (primary N) is 1. The summed E-state index contributed by atoms with van der Waals surface area (Å²) in [4.78, 5) is 15.9. The molecule has 1 aromatic carbocycles. The molecule has 1 fully saturated rings. The minimum atomic E-state index is -4.22. The van der Waals surface area contributed by atoms with Gasteiger partial charge in [0.2, 0.25) is 0 Å². The number of carbonyl (C=O) groups excluding carboxylic acids is 1. The van der Waals surface area contributed by atoms with Crippen molar-refractivity contribution in [3.05, 3.63) is 23.0 Å². The monoisotopic (exact) mass is 398 g/mol. The van der Waals surface area contributed by atoms with Crippen molar-refractivity contribution in [2.24, 2.45) is 16.6 Å². The molecule has 0 radical (unpaired) electrons. The maximum atomic E-state index is 15.2. The Kier molecular flexibility index (Phi) is 5.02. The highest BCUT2D eigenvalue weighted by Crippen LogP contribution is 2.39. The van der Waals surface area contributed by atoms with Gasteiger partial charge in [-0.25, -0.2) is 13.4 Å². The minimum Gasteiger partial charge on any atom is -0.506 e. The molecule has 1 aromatic rings. The molecule has 8 nitrogen and oxygen atoms in total. The van der Waals surface area contributed by atoms with Crippen LogP contribution in [0.1, 0.15) is 37.8 Å². The standard InChI is InChI=1S/C17H23FN4O4S/c1-9(2)5-14(19)20-11-4-3-10-6-13(23)17(16(18)12(10)7-11)22-8-15(24)21-27(22,25)26/h6,9,11,23H,3-5,7-8H2,1-2H3,(H2,19,20)(H,21,24). The van der Waals surface area contributed by atoms with Crippen LogP contribution in [0.15, 0.2) is 11.1 Å². The number of benzene rings is 1. The molecule has 1 atom stereocenters. The van der Waals surface area contributed by atoms with Crippen molar-refractivity contribution in [2.45, 2.75) is 45.6 Å². The Morgan fingerprint density at radius 2 is 2.22 bits per heavy atom. The molecule has 0 bridgehead atoms. The highest BCUT2D eigenvalue weighted by Gasteiger charge is 2.39. The fourth-order valence-corrected chi connectivity index (χ4v) is 4.68. The van der Waals surface area contributed by atoms with E-state index in [9.17, 15) is 18.3 Å². The van der Waals surface area contributed by atoms with Crippen LogP contribution in [0.25, 0.3) is 0 Å². The van der Waals surface area contributed by atoms with Crippen LogP contribution in [0.2, 0.25) is 0 Å². The van der Waals surface area contributed by atoms with Crippen LogP contribution in [-0.4, -0.2) is 37.9 Å². The molecule has 1 aliphatic carbocycles. The third kappa shape index (κ3) is 3.85. The van der Waals surface area contributed by atoms with Crippen molar-refractivity contribution in [3.63, 3.8) is 0 Å². The number of aromatic hydroxyl groups is 1. The molecule has 148 valence electrons. The van der Waals surface area contributed by atoms with Crippen molar-refractivity contribution in [1.82, 2.24) is 4.72 Å². The predicted octanol–water partition coefficient (Wildman–Crippen LogP) is 0.973. The molecule has 0 aromatic heterocycles. The number of aryl methyl sites for hydroxylation is 1. The highest BCUT2D eigenvalue weighted by atomic mass is 32.2. The van der Waals surface area contributed by atoms with Crippen LogP contribution >= 0.6 is 0 Å². The van der Waals surface area contributed by atoms with E-state index in [4.69, 9.17) is 5.73 Å². The molecule has 3 rings (SSSR count). The number of halogens is 1. The lowest BCUT2D eigenvalue weighted by Crippen LogP contribution is -2.31. The van der Waals surface area contributed by atoms with Gasteiger partial charge >= 0.3 is 10.2 Å². The van der Waals surface area contributed by atoms with Crippen LogP contribution in [-0.2, 0) is 27.8 Å². The molecule has 0 spiro atoms. The molecule has 1 unspecified atom stereocenters. The zero-order valence-corrected chi connectivity index (χ0v) is 16.0. The summed E-state index contributed by atoms with van der Waals surface area (Å²) in [6, 6.07) is 1.15. The number of carbonyl (C=O) groups is 1. The van der Waals surface area contributed by atoms with Gasteiger partial charge in [0.05, 0.1) is 11.9 Å². The number of amidine groups is 1. The van der Waals surface area contributed by atoms with Crippen LogP contribution < -0.4 is 14.8 Å². The van der Waals surface area contributed by atoms with Gasteiger partial charge in [-0.15, -0.1) is 0 Å². The van der Waals surface area contributed by atoms with Gasteiger partial charge in [0, 0.05) is 6.42 Å². The van der Waals surface area contributed by atoms with Gasteiger partial charge in [-0.1, -0.05) is 13.8 Å². The van der Waals surface area contributed by atoms with Gasteiger partial charge in [-0.2, -0.15) is 8.42 Å². The van der Waals surface area contributed by atoms with E-state index in [0.29, 0.717) is 46.4 Å².